The van der Waals surface area contributed by atoms with Gasteiger partial charge in [-0.2, -0.15) is 0 Å². The van der Waals surface area contributed by atoms with Crippen LogP contribution in [0.25, 0.3) is 0 Å². The standard InChI is InChI=1S/C27H39NO6.CH4O.H3NO.Y/c1-17-9-7-8-10-23(30)18(2)13-19(3)26(34-6)25(33-5)12-11-24(32-4)20-14-21(28-27(17)31)16-22(29)15-20;2*1-2;/h7-9,13-16,19,23-26,29-30H,10-12H2,1-6H3,(H,28,31);2H,1H3;2H,1H2;/b8-7+,17-9+,18-13+;;;. The van der Waals surface area contributed by atoms with E-state index in [0.29, 0.717) is 30.5 Å². The molecule has 0 spiro atoms. The number of allylic oxidation sites excluding steroid dienone is 2. The van der Waals surface area contributed by atoms with Gasteiger partial charge in [-0.15, -0.1) is 0 Å². The Morgan fingerprint density at radius 1 is 1.00 bits per heavy atom. The fourth-order valence-electron chi connectivity index (χ4n) is 4.28. The molecule has 0 aliphatic carbocycles. The first-order chi connectivity index (χ1) is 18.2. The summed E-state index contributed by atoms with van der Waals surface area (Å²) in [6.07, 6.45) is 7.64. The molecule has 39 heavy (non-hydrogen) atoms. The summed E-state index contributed by atoms with van der Waals surface area (Å²) in [4.78, 5) is 12.6. The Balaban J connectivity index is 0. The molecule has 10 nitrogen and oxygen atoms in total. The Morgan fingerprint density at radius 3 is 2.21 bits per heavy atom. The van der Waals surface area contributed by atoms with Crippen molar-refractivity contribution < 1.29 is 72.2 Å². The molecule has 1 aliphatic rings. The molecule has 2 bridgehead atoms. The molecule has 1 heterocycles. The van der Waals surface area contributed by atoms with Crippen LogP contribution in [0.3, 0.4) is 0 Å². The maximum atomic E-state index is 12.6. The number of carbonyl (C=O) groups is 1. The van der Waals surface area contributed by atoms with Crippen molar-refractivity contribution >= 4 is 11.6 Å². The molecular weight excluding hydrogens is 581 g/mol. The van der Waals surface area contributed by atoms with E-state index >= 15 is 0 Å². The third kappa shape index (κ3) is 13.6. The number of aromatic hydroxyl groups is 1. The van der Waals surface area contributed by atoms with E-state index in [-0.39, 0.29) is 68.6 Å². The number of anilines is 1. The third-order valence-corrected chi connectivity index (χ3v) is 6.28. The van der Waals surface area contributed by atoms with Crippen LogP contribution in [0.5, 0.6) is 5.75 Å². The zero-order valence-electron chi connectivity index (χ0n) is 24.1. The first kappa shape index (κ1) is 39.7. The van der Waals surface area contributed by atoms with Gasteiger partial charge in [0.2, 0.25) is 0 Å². The van der Waals surface area contributed by atoms with Crippen molar-refractivity contribution in [3.63, 3.8) is 0 Å². The summed E-state index contributed by atoms with van der Waals surface area (Å²) < 4.78 is 17.3. The summed E-state index contributed by atoms with van der Waals surface area (Å²) in [5.41, 5.74) is 2.60. The minimum atomic E-state index is -0.635. The molecule has 0 fully saturated rings. The van der Waals surface area contributed by atoms with Crippen molar-refractivity contribution in [3.8, 4) is 5.75 Å². The molecule has 1 radical (unpaired) electrons. The van der Waals surface area contributed by atoms with E-state index in [4.69, 9.17) is 24.5 Å². The van der Waals surface area contributed by atoms with Crippen molar-refractivity contribution in [3.05, 3.63) is 59.2 Å². The monoisotopic (exact) mass is 627 g/mol. The Kier molecular flexibility index (Phi) is 22.6. The number of fused-ring (bicyclic) bond motifs is 2. The molecule has 2 rings (SSSR count). The fourth-order valence-corrected chi connectivity index (χ4v) is 4.28. The summed E-state index contributed by atoms with van der Waals surface area (Å²) in [5, 5.41) is 37.2. The summed E-state index contributed by atoms with van der Waals surface area (Å²) in [6, 6.07) is 4.96. The number of amides is 1. The summed E-state index contributed by atoms with van der Waals surface area (Å²) in [5.74, 6) is 3.28. The van der Waals surface area contributed by atoms with E-state index in [1.54, 1.807) is 46.5 Å². The van der Waals surface area contributed by atoms with Crippen LogP contribution in [0.15, 0.2) is 53.6 Å². The average molecular weight is 628 g/mol. The van der Waals surface area contributed by atoms with Gasteiger partial charge in [0.1, 0.15) is 5.75 Å². The number of nitrogens with one attached hydrogen (secondary N) is 1. The molecule has 1 aliphatic heterocycles. The van der Waals surface area contributed by atoms with E-state index in [9.17, 15) is 15.0 Å². The average Bonchev–Trinajstić information content (AvgIpc) is 2.91. The van der Waals surface area contributed by atoms with E-state index in [2.05, 4.69) is 11.2 Å². The number of ether oxygens (including phenoxy) is 3. The van der Waals surface area contributed by atoms with Crippen LogP contribution in [0.4, 0.5) is 5.69 Å². The van der Waals surface area contributed by atoms with Crippen molar-refractivity contribution in [2.75, 3.05) is 33.8 Å². The second kappa shape index (κ2) is 22.2. The molecule has 1 aromatic rings. The first-order valence-corrected chi connectivity index (χ1v) is 12.3. The summed E-state index contributed by atoms with van der Waals surface area (Å²) in [7, 11) is 5.94. The fraction of sp³-hybridized carbons (Fsp3) is 0.536. The van der Waals surface area contributed by atoms with E-state index in [1.807, 2.05) is 32.1 Å². The molecule has 5 atom stereocenters. The van der Waals surface area contributed by atoms with Gasteiger partial charge >= 0.3 is 0 Å². The topological polar surface area (TPSA) is 164 Å². The molecule has 0 aromatic heterocycles. The number of carbonyl (C=O) groups excluding carboxylic acids is 1. The number of methoxy groups -OCH3 is 3. The predicted octanol–water partition coefficient (Wildman–Crippen LogP) is 3.62. The van der Waals surface area contributed by atoms with Gasteiger partial charge in [0.15, 0.2) is 0 Å². The maximum Gasteiger partial charge on any atom is 0.251 e. The van der Waals surface area contributed by atoms with Crippen molar-refractivity contribution in [1.82, 2.24) is 0 Å². The zero-order valence-corrected chi connectivity index (χ0v) is 27.0. The number of benzene rings is 1. The van der Waals surface area contributed by atoms with Gasteiger partial charge < -0.3 is 40.1 Å². The quantitative estimate of drug-likeness (QED) is 0.217. The van der Waals surface area contributed by atoms with Gasteiger partial charge in [-0.25, -0.2) is 5.90 Å². The predicted molar refractivity (Wildman–Crippen MR) is 148 cm³/mol. The molecule has 1 amide bonds. The SMILES string of the molecule is CO.COC1CCC(OC)C(OC)C(C)/C=C(\C)C(O)C/C=C/C=C(\C)C(=O)Nc2cc(O)cc1c2.NO.[Y]. The first-order valence-electron chi connectivity index (χ1n) is 12.3. The normalized spacial score (nSPS) is 27.9. The molecule has 5 unspecified atom stereocenters. The number of phenols is 1. The van der Waals surface area contributed by atoms with Crippen molar-refractivity contribution in [2.24, 2.45) is 11.8 Å². The van der Waals surface area contributed by atoms with Gasteiger partial charge in [0.05, 0.1) is 24.4 Å². The number of hydrogen-bond donors (Lipinski definition) is 6. The summed E-state index contributed by atoms with van der Waals surface area (Å²) >= 11 is 0. The van der Waals surface area contributed by atoms with Crippen LogP contribution in [-0.2, 0) is 51.7 Å². The van der Waals surface area contributed by atoms with Gasteiger partial charge in [-0.1, -0.05) is 31.2 Å². The number of hydrogen-bond acceptors (Lipinski definition) is 9. The Bertz CT molecular complexity index is 923. The molecular formula is C28H46N2O8Y. The molecule has 0 saturated carbocycles. The molecule has 0 saturated heterocycles. The van der Waals surface area contributed by atoms with Gasteiger partial charge in [0.25, 0.3) is 5.91 Å². The number of aliphatic hydroxyl groups excluding tert-OH is 2. The largest absolute Gasteiger partial charge is 0.508 e. The van der Waals surface area contributed by atoms with Crippen LogP contribution >= 0.6 is 0 Å². The number of nitrogens with two attached hydrogens (primary N) is 1. The minimum Gasteiger partial charge on any atom is -0.508 e. The van der Waals surface area contributed by atoms with E-state index in [1.165, 1.54) is 6.07 Å². The molecule has 7 N–H and O–H groups in total. The number of aliphatic hydroxyl groups is 2. The van der Waals surface area contributed by atoms with Crippen LogP contribution in [0.2, 0.25) is 0 Å². The Morgan fingerprint density at radius 2 is 1.64 bits per heavy atom. The smallest absolute Gasteiger partial charge is 0.251 e. The Hall–Kier alpha value is -1.47. The number of rotatable bonds is 3. The molecule has 1 aromatic carbocycles. The van der Waals surface area contributed by atoms with Crippen LogP contribution in [-0.4, -0.2) is 73.2 Å². The minimum absolute atomic E-state index is 0. The summed E-state index contributed by atoms with van der Waals surface area (Å²) in [6.45, 7) is 5.66. The van der Waals surface area contributed by atoms with Crippen molar-refractivity contribution in [2.45, 2.75) is 64.4 Å². The van der Waals surface area contributed by atoms with E-state index in [0.717, 1.165) is 18.2 Å². The van der Waals surface area contributed by atoms with Gasteiger partial charge in [-0.05, 0) is 56.4 Å². The van der Waals surface area contributed by atoms with Gasteiger partial charge in [0, 0.05) is 84.4 Å². The molecule has 11 heteroatoms. The van der Waals surface area contributed by atoms with E-state index < -0.39 is 6.10 Å². The van der Waals surface area contributed by atoms with Gasteiger partial charge in [-0.3, -0.25) is 4.79 Å². The van der Waals surface area contributed by atoms with Crippen molar-refractivity contribution in [1.29, 1.82) is 0 Å². The Labute approximate surface area is 257 Å². The maximum absolute atomic E-state index is 12.6. The van der Waals surface area contributed by atoms with Crippen LogP contribution in [0.1, 0.15) is 51.7 Å². The second-order valence-electron chi connectivity index (χ2n) is 8.84. The zero-order chi connectivity index (χ0) is 29.3. The third-order valence-electron chi connectivity index (χ3n) is 6.28. The number of phenolic OH excluding ortho intramolecular Hbond substituents is 1. The molecule has 219 valence electrons. The second-order valence-corrected chi connectivity index (χ2v) is 8.84. The van der Waals surface area contributed by atoms with Crippen LogP contribution in [0, 0.1) is 5.92 Å². The van der Waals surface area contributed by atoms with Crippen LogP contribution < -0.4 is 11.2 Å².